The summed E-state index contributed by atoms with van der Waals surface area (Å²) in [4.78, 5) is 16.4. The number of hydrogen-bond acceptors (Lipinski definition) is 3. The van der Waals surface area contributed by atoms with E-state index in [4.69, 9.17) is 9.57 Å². The van der Waals surface area contributed by atoms with Crippen molar-refractivity contribution in [1.82, 2.24) is 5.06 Å². The van der Waals surface area contributed by atoms with Gasteiger partial charge in [0.2, 0.25) is 0 Å². The Bertz CT molecular complexity index is 163. The molecule has 0 rings (SSSR count). The van der Waals surface area contributed by atoms with E-state index < -0.39 is 11.7 Å². The smallest absolute Gasteiger partial charge is 0.434 e. The average molecular weight is 189 g/mol. The molecule has 0 aliphatic rings. The molecule has 0 spiro atoms. The lowest BCUT2D eigenvalue weighted by atomic mass is 10.2. The Balaban J connectivity index is 4.06. The van der Waals surface area contributed by atoms with Crippen LogP contribution in [0.4, 0.5) is 4.79 Å². The number of nitrogens with zero attached hydrogens (tertiary/aromatic N) is 1. The minimum Gasteiger partial charge on any atom is -0.442 e. The van der Waals surface area contributed by atoms with Crippen LogP contribution in [0, 0.1) is 0 Å². The summed E-state index contributed by atoms with van der Waals surface area (Å²) in [5.74, 6) is 0. The molecule has 4 heteroatoms. The SMILES string of the molecule is CCON(CC)C(=O)OC(C)(C)C. The van der Waals surface area contributed by atoms with E-state index in [0.29, 0.717) is 13.2 Å². The fourth-order valence-electron chi connectivity index (χ4n) is 0.742. The van der Waals surface area contributed by atoms with Crippen molar-refractivity contribution in [2.75, 3.05) is 13.2 Å². The van der Waals surface area contributed by atoms with Gasteiger partial charge in [-0.05, 0) is 34.6 Å². The molecule has 0 aliphatic carbocycles. The van der Waals surface area contributed by atoms with Crippen molar-refractivity contribution < 1.29 is 14.4 Å². The summed E-state index contributed by atoms with van der Waals surface area (Å²) in [5.41, 5.74) is -0.471. The number of amides is 1. The number of hydrogen-bond donors (Lipinski definition) is 0. The lowest BCUT2D eigenvalue weighted by molar-refractivity contribution is -0.140. The highest BCUT2D eigenvalue weighted by molar-refractivity contribution is 5.66. The quantitative estimate of drug-likeness (QED) is 0.639. The molecule has 13 heavy (non-hydrogen) atoms. The van der Waals surface area contributed by atoms with Crippen LogP contribution >= 0.6 is 0 Å². The first-order valence-electron chi connectivity index (χ1n) is 4.54. The van der Waals surface area contributed by atoms with Gasteiger partial charge in [-0.3, -0.25) is 4.84 Å². The maximum absolute atomic E-state index is 11.4. The van der Waals surface area contributed by atoms with Gasteiger partial charge in [0, 0.05) is 6.54 Å². The van der Waals surface area contributed by atoms with Gasteiger partial charge in [0.25, 0.3) is 0 Å². The molecular formula is C9H19NO3. The second-order valence-electron chi connectivity index (χ2n) is 3.59. The van der Waals surface area contributed by atoms with Gasteiger partial charge in [0.1, 0.15) is 5.60 Å². The highest BCUT2D eigenvalue weighted by Gasteiger charge is 2.21. The molecule has 0 aromatic rings. The van der Waals surface area contributed by atoms with Crippen molar-refractivity contribution in [2.45, 2.75) is 40.2 Å². The fourth-order valence-corrected chi connectivity index (χ4v) is 0.742. The standard InChI is InChI=1S/C9H19NO3/c1-6-10(12-7-2)8(11)13-9(3,4)5/h6-7H2,1-5H3. The molecule has 0 saturated heterocycles. The molecule has 0 heterocycles. The van der Waals surface area contributed by atoms with Crippen LogP contribution in [-0.4, -0.2) is 29.9 Å². The summed E-state index contributed by atoms with van der Waals surface area (Å²) in [5, 5.41) is 1.21. The molecule has 4 nitrogen and oxygen atoms in total. The third-order valence-corrected chi connectivity index (χ3v) is 1.17. The third kappa shape index (κ3) is 5.47. The van der Waals surface area contributed by atoms with Crippen LogP contribution in [0.1, 0.15) is 34.6 Å². The van der Waals surface area contributed by atoms with Crippen LogP contribution in [0.3, 0.4) is 0 Å². The number of carbonyl (C=O) groups is 1. The number of hydroxylamine groups is 2. The Morgan fingerprint density at radius 2 is 1.85 bits per heavy atom. The number of rotatable bonds is 3. The lowest BCUT2D eigenvalue weighted by Gasteiger charge is -2.25. The zero-order valence-corrected chi connectivity index (χ0v) is 9.09. The van der Waals surface area contributed by atoms with E-state index in [9.17, 15) is 4.79 Å². The van der Waals surface area contributed by atoms with Gasteiger partial charge in [-0.15, -0.1) is 0 Å². The van der Waals surface area contributed by atoms with Crippen molar-refractivity contribution >= 4 is 6.09 Å². The zero-order valence-electron chi connectivity index (χ0n) is 9.09. The van der Waals surface area contributed by atoms with Gasteiger partial charge in [0.15, 0.2) is 0 Å². The molecule has 0 bridgehead atoms. The van der Waals surface area contributed by atoms with Gasteiger partial charge in [-0.1, -0.05) is 0 Å². The van der Waals surface area contributed by atoms with Crippen LogP contribution < -0.4 is 0 Å². The van der Waals surface area contributed by atoms with Crippen molar-refractivity contribution in [1.29, 1.82) is 0 Å². The Hall–Kier alpha value is -0.770. The summed E-state index contributed by atoms with van der Waals surface area (Å²) in [6.45, 7) is 10.1. The molecule has 0 aliphatic heterocycles. The van der Waals surface area contributed by atoms with Crippen molar-refractivity contribution in [2.24, 2.45) is 0 Å². The molecule has 0 unspecified atom stereocenters. The lowest BCUT2D eigenvalue weighted by Crippen LogP contribution is -2.36. The monoisotopic (exact) mass is 189 g/mol. The van der Waals surface area contributed by atoms with Crippen LogP contribution in [0.25, 0.3) is 0 Å². The summed E-state index contributed by atoms with van der Waals surface area (Å²) >= 11 is 0. The number of ether oxygens (including phenoxy) is 1. The first-order valence-corrected chi connectivity index (χ1v) is 4.54. The molecule has 1 amide bonds. The summed E-state index contributed by atoms with van der Waals surface area (Å²) < 4.78 is 5.11. The topological polar surface area (TPSA) is 38.8 Å². The van der Waals surface area contributed by atoms with E-state index in [0.717, 1.165) is 0 Å². The minimum atomic E-state index is -0.471. The first-order chi connectivity index (χ1) is 5.90. The second kappa shape index (κ2) is 5.07. The predicted molar refractivity (Wildman–Crippen MR) is 50.2 cm³/mol. The molecule has 0 N–H and O–H groups in total. The first kappa shape index (κ1) is 12.2. The molecule has 0 saturated carbocycles. The highest BCUT2D eigenvalue weighted by Crippen LogP contribution is 2.09. The molecule has 0 aromatic carbocycles. The molecule has 78 valence electrons. The Labute approximate surface area is 79.8 Å². The van der Waals surface area contributed by atoms with Crippen molar-refractivity contribution in [3.8, 4) is 0 Å². The van der Waals surface area contributed by atoms with Crippen molar-refractivity contribution in [3.05, 3.63) is 0 Å². The predicted octanol–water partition coefficient (Wildman–Crippen LogP) is 2.19. The van der Waals surface area contributed by atoms with Gasteiger partial charge < -0.3 is 4.74 Å². The third-order valence-electron chi connectivity index (χ3n) is 1.17. The molecular weight excluding hydrogens is 170 g/mol. The minimum absolute atomic E-state index is 0.433. The van der Waals surface area contributed by atoms with Crippen LogP contribution in [0.5, 0.6) is 0 Å². The Kier molecular flexibility index (Phi) is 4.77. The van der Waals surface area contributed by atoms with E-state index in [1.807, 2.05) is 34.6 Å². The van der Waals surface area contributed by atoms with E-state index in [1.165, 1.54) is 5.06 Å². The molecule has 0 radical (unpaired) electrons. The van der Waals surface area contributed by atoms with Gasteiger partial charge in [-0.25, -0.2) is 4.79 Å². The molecule has 0 fully saturated rings. The largest absolute Gasteiger partial charge is 0.442 e. The molecule has 0 aromatic heterocycles. The van der Waals surface area contributed by atoms with E-state index in [-0.39, 0.29) is 0 Å². The summed E-state index contributed by atoms with van der Waals surface area (Å²) in [7, 11) is 0. The fraction of sp³-hybridized carbons (Fsp3) is 0.889. The molecule has 0 atom stereocenters. The van der Waals surface area contributed by atoms with E-state index >= 15 is 0 Å². The Morgan fingerprint density at radius 1 is 1.31 bits per heavy atom. The summed E-state index contributed by atoms with van der Waals surface area (Å²) in [6, 6.07) is 0. The van der Waals surface area contributed by atoms with Gasteiger partial charge >= 0.3 is 6.09 Å². The van der Waals surface area contributed by atoms with E-state index in [1.54, 1.807) is 0 Å². The van der Waals surface area contributed by atoms with Crippen LogP contribution in [-0.2, 0) is 9.57 Å². The van der Waals surface area contributed by atoms with Crippen molar-refractivity contribution in [3.63, 3.8) is 0 Å². The summed E-state index contributed by atoms with van der Waals surface area (Å²) in [6.07, 6.45) is -0.433. The van der Waals surface area contributed by atoms with Crippen LogP contribution in [0.15, 0.2) is 0 Å². The second-order valence-corrected chi connectivity index (χ2v) is 3.59. The maximum atomic E-state index is 11.4. The number of carbonyl (C=O) groups excluding carboxylic acids is 1. The zero-order chi connectivity index (χ0) is 10.5. The highest BCUT2D eigenvalue weighted by atomic mass is 16.7. The van der Waals surface area contributed by atoms with Gasteiger partial charge in [-0.2, -0.15) is 5.06 Å². The average Bonchev–Trinajstić information content (AvgIpc) is 1.96. The van der Waals surface area contributed by atoms with E-state index in [2.05, 4.69) is 0 Å². The maximum Gasteiger partial charge on any atom is 0.434 e. The Morgan fingerprint density at radius 3 is 2.15 bits per heavy atom. The normalized spacial score (nSPS) is 11.2. The van der Waals surface area contributed by atoms with Crippen LogP contribution in [0.2, 0.25) is 0 Å². The van der Waals surface area contributed by atoms with Gasteiger partial charge in [0.05, 0.1) is 6.61 Å².